The third kappa shape index (κ3) is 3.09. The van der Waals surface area contributed by atoms with Gasteiger partial charge in [0.2, 0.25) is 5.91 Å². The van der Waals surface area contributed by atoms with Crippen LogP contribution in [0.2, 0.25) is 0 Å². The van der Waals surface area contributed by atoms with E-state index in [1.54, 1.807) is 32.2 Å². The predicted octanol–water partition coefficient (Wildman–Crippen LogP) is -0.198. The summed E-state index contributed by atoms with van der Waals surface area (Å²) < 4.78 is 24.3. The largest absolute Gasteiger partial charge is 0.336 e. The topological polar surface area (TPSA) is 76.5 Å². The van der Waals surface area contributed by atoms with Crippen LogP contribution in [0.25, 0.3) is 0 Å². The van der Waals surface area contributed by atoms with Gasteiger partial charge in [0.15, 0.2) is 9.84 Å². The van der Waals surface area contributed by atoms with Gasteiger partial charge in [0.1, 0.15) is 6.54 Å². The van der Waals surface area contributed by atoms with Crippen LogP contribution in [0.1, 0.15) is 12.5 Å². The molecule has 0 N–H and O–H groups in total. The number of pyridine rings is 1. The van der Waals surface area contributed by atoms with E-state index < -0.39 is 9.84 Å². The lowest BCUT2D eigenvalue weighted by atomic mass is 10.3. The van der Waals surface area contributed by atoms with Crippen molar-refractivity contribution in [3.05, 3.63) is 34.2 Å². The highest BCUT2D eigenvalue weighted by molar-refractivity contribution is 7.91. The molecule has 0 bridgehead atoms. The minimum absolute atomic E-state index is 0.00814. The number of aryl methyl sites for hydroxylation is 1. The third-order valence-corrected chi connectivity index (χ3v) is 5.30. The Labute approximate surface area is 117 Å². The zero-order valence-corrected chi connectivity index (χ0v) is 12.4. The molecule has 20 heavy (non-hydrogen) atoms. The normalized spacial score (nSPS) is 21.7. The number of nitrogens with zero attached hydrogens (tertiary/aromatic N) is 2. The number of sulfone groups is 1. The molecule has 2 heterocycles. The van der Waals surface area contributed by atoms with Crippen molar-refractivity contribution in [2.45, 2.75) is 26.4 Å². The maximum Gasteiger partial charge on any atom is 0.253 e. The van der Waals surface area contributed by atoms with Crippen LogP contribution in [-0.2, 0) is 21.2 Å². The molecule has 0 radical (unpaired) electrons. The van der Waals surface area contributed by atoms with Gasteiger partial charge in [-0.1, -0.05) is 6.07 Å². The lowest BCUT2D eigenvalue weighted by Crippen LogP contribution is -2.51. The van der Waals surface area contributed by atoms with Gasteiger partial charge in [0, 0.05) is 24.3 Å². The first-order chi connectivity index (χ1) is 9.30. The molecule has 1 aromatic heterocycles. The summed E-state index contributed by atoms with van der Waals surface area (Å²) in [4.78, 5) is 25.6. The number of hydrogen-bond acceptors (Lipinski definition) is 4. The minimum Gasteiger partial charge on any atom is -0.336 e. The van der Waals surface area contributed by atoms with Crippen LogP contribution >= 0.6 is 0 Å². The van der Waals surface area contributed by atoms with E-state index in [0.29, 0.717) is 5.56 Å². The monoisotopic (exact) mass is 298 g/mol. The van der Waals surface area contributed by atoms with Crippen LogP contribution in [0.5, 0.6) is 0 Å². The minimum atomic E-state index is -3.05. The van der Waals surface area contributed by atoms with Crippen molar-refractivity contribution in [1.82, 2.24) is 9.47 Å². The van der Waals surface area contributed by atoms with E-state index in [9.17, 15) is 18.0 Å². The molecule has 0 saturated carbocycles. The summed E-state index contributed by atoms with van der Waals surface area (Å²) in [5.41, 5.74) is 0.382. The summed E-state index contributed by atoms with van der Waals surface area (Å²) in [5, 5.41) is 0. The van der Waals surface area contributed by atoms with Gasteiger partial charge in [-0.15, -0.1) is 0 Å². The summed E-state index contributed by atoms with van der Waals surface area (Å²) in [6.07, 6.45) is 1.57. The highest BCUT2D eigenvalue weighted by Crippen LogP contribution is 2.12. The Morgan fingerprint density at radius 2 is 2.15 bits per heavy atom. The molecule has 1 atom stereocenters. The molecule has 1 saturated heterocycles. The SMILES string of the molecule is Cc1cccn(CC(=O)N2CCS(=O)(=O)CC2C)c1=O. The van der Waals surface area contributed by atoms with Gasteiger partial charge in [-0.05, 0) is 19.9 Å². The van der Waals surface area contributed by atoms with Gasteiger partial charge >= 0.3 is 0 Å². The molecule has 1 unspecified atom stereocenters. The highest BCUT2D eigenvalue weighted by atomic mass is 32.2. The summed E-state index contributed by atoms with van der Waals surface area (Å²) in [6.45, 7) is 3.56. The number of carbonyl (C=O) groups is 1. The first kappa shape index (κ1) is 14.8. The van der Waals surface area contributed by atoms with E-state index in [2.05, 4.69) is 0 Å². The Morgan fingerprint density at radius 3 is 2.80 bits per heavy atom. The molecule has 0 aromatic carbocycles. The molecule has 0 aliphatic carbocycles. The Morgan fingerprint density at radius 1 is 1.45 bits per heavy atom. The van der Waals surface area contributed by atoms with Crippen LogP contribution in [0.15, 0.2) is 23.1 Å². The third-order valence-electron chi connectivity index (χ3n) is 3.51. The zero-order chi connectivity index (χ0) is 14.9. The van der Waals surface area contributed by atoms with E-state index in [0.717, 1.165) is 0 Å². The Balaban J connectivity index is 2.13. The van der Waals surface area contributed by atoms with Crippen molar-refractivity contribution in [1.29, 1.82) is 0 Å². The molecule has 7 heteroatoms. The average Bonchev–Trinajstić information content (AvgIpc) is 2.33. The van der Waals surface area contributed by atoms with Gasteiger partial charge in [0.05, 0.1) is 11.5 Å². The fourth-order valence-corrected chi connectivity index (χ4v) is 3.94. The molecule has 1 aliphatic rings. The fraction of sp³-hybridized carbons (Fsp3) is 0.538. The van der Waals surface area contributed by atoms with Crippen LogP contribution < -0.4 is 5.56 Å². The van der Waals surface area contributed by atoms with E-state index >= 15 is 0 Å². The van der Waals surface area contributed by atoms with Crippen molar-refractivity contribution >= 4 is 15.7 Å². The number of amides is 1. The zero-order valence-electron chi connectivity index (χ0n) is 11.6. The van der Waals surface area contributed by atoms with Crippen LogP contribution in [-0.4, -0.2) is 47.9 Å². The van der Waals surface area contributed by atoms with Crippen molar-refractivity contribution in [3.8, 4) is 0 Å². The summed E-state index contributed by atoms with van der Waals surface area (Å²) in [6, 6.07) is 3.06. The highest BCUT2D eigenvalue weighted by Gasteiger charge is 2.31. The van der Waals surface area contributed by atoms with Crippen molar-refractivity contribution in [3.63, 3.8) is 0 Å². The standard InChI is InChI=1S/C13H18N2O4S/c1-10-4-3-5-14(13(10)17)8-12(16)15-6-7-20(18,19)9-11(15)2/h3-5,11H,6-9H2,1-2H3. The van der Waals surface area contributed by atoms with Gasteiger partial charge in [0.25, 0.3) is 5.56 Å². The van der Waals surface area contributed by atoms with E-state index in [1.807, 2.05) is 0 Å². The second kappa shape index (κ2) is 5.40. The first-order valence-corrected chi connectivity index (χ1v) is 8.28. The van der Waals surface area contributed by atoms with Gasteiger partial charge in [-0.3, -0.25) is 9.59 Å². The predicted molar refractivity (Wildman–Crippen MR) is 75.3 cm³/mol. The lowest BCUT2D eigenvalue weighted by molar-refractivity contribution is -0.133. The van der Waals surface area contributed by atoms with Gasteiger partial charge in [-0.25, -0.2) is 8.42 Å². The maximum absolute atomic E-state index is 12.2. The van der Waals surface area contributed by atoms with Gasteiger partial charge < -0.3 is 9.47 Å². The Bertz CT molecular complexity index is 678. The number of hydrogen-bond donors (Lipinski definition) is 0. The van der Waals surface area contributed by atoms with E-state index in [4.69, 9.17) is 0 Å². The first-order valence-electron chi connectivity index (χ1n) is 6.46. The number of rotatable bonds is 2. The number of carbonyl (C=O) groups excluding carboxylic acids is 1. The van der Waals surface area contributed by atoms with Crippen LogP contribution in [0.4, 0.5) is 0 Å². The Hall–Kier alpha value is -1.63. The molecule has 6 nitrogen and oxygen atoms in total. The molecule has 0 spiro atoms. The average molecular weight is 298 g/mol. The molecular formula is C13H18N2O4S. The molecule has 110 valence electrons. The maximum atomic E-state index is 12.2. The fourth-order valence-electron chi connectivity index (χ4n) is 2.39. The quantitative estimate of drug-likeness (QED) is 0.758. The van der Waals surface area contributed by atoms with Crippen LogP contribution in [0.3, 0.4) is 0 Å². The molecule has 2 rings (SSSR count). The molecular weight excluding hydrogens is 280 g/mol. The van der Waals surface area contributed by atoms with Crippen molar-refractivity contribution in [2.75, 3.05) is 18.1 Å². The van der Waals surface area contributed by atoms with E-state index in [-0.39, 0.29) is 42.1 Å². The molecule has 1 aromatic rings. The summed E-state index contributed by atoms with van der Waals surface area (Å²) in [5.74, 6) is -0.243. The Kier molecular flexibility index (Phi) is 3.99. The molecule has 1 amide bonds. The second-order valence-electron chi connectivity index (χ2n) is 5.17. The van der Waals surface area contributed by atoms with Crippen molar-refractivity contribution in [2.24, 2.45) is 0 Å². The summed E-state index contributed by atoms with van der Waals surface area (Å²) >= 11 is 0. The van der Waals surface area contributed by atoms with Crippen LogP contribution in [0, 0.1) is 6.92 Å². The lowest BCUT2D eigenvalue weighted by Gasteiger charge is -2.33. The van der Waals surface area contributed by atoms with Gasteiger partial charge in [-0.2, -0.15) is 0 Å². The van der Waals surface area contributed by atoms with Crippen molar-refractivity contribution < 1.29 is 13.2 Å². The van der Waals surface area contributed by atoms with E-state index in [1.165, 1.54) is 9.47 Å². The smallest absolute Gasteiger partial charge is 0.253 e. The molecule has 1 aliphatic heterocycles. The second-order valence-corrected chi connectivity index (χ2v) is 7.40. The number of aromatic nitrogens is 1. The molecule has 1 fully saturated rings. The summed E-state index contributed by atoms with van der Waals surface area (Å²) in [7, 11) is -3.05.